The van der Waals surface area contributed by atoms with Gasteiger partial charge in [-0.25, -0.2) is 4.79 Å². The molecular weight excluding hydrogens is 336 g/mol. The molecule has 0 bridgehead atoms. The zero-order valence-corrected chi connectivity index (χ0v) is 16.0. The third-order valence-corrected chi connectivity index (χ3v) is 5.09. The first-order valence-corrected chi connectivity index (χ1v) is 9.43. The number of alkyl carbamates (subject to hydrolysis) is 1. The quantitative estimate of drug-likeness (QED) is 0.678. The van der Waals surface area contributed by atoms with Gasteiger partial charge >= 0.3 is 6.09 Å². The molecule has 0 aromatic rings. The van der Waals surface area contributed by atoms with Crippen LogP contribution >= 0.6 is 0 Å². The summed E-state index contributed by atoms with van der Waals surface area (Å²) in [5.74, 6) is -0.779. The van der Waals surface area contributed by atoms with Gasteiger partial charge < -0.3 is 26.4 Å². The molecule has 26 heavy (non-hydrogen) atoms. The summed E-state index contributed by atoms with van der Waals surface area (Å²) in [6.07, 6.45) is 3.79. The van der Waals surface area contributed by atoms with E-state index in [4.69, 9.17) is 16.2 Å². The van der Waals surface area contributed by atoms with E-state index < -0.39 is 29.7 Å². The molecule has 1 aliphatic heterocycles. The summed E-state index contributed by atoms with van der Waals surface area (Å²) in [4.78, 5) is 38.6. The number of carbonyl (C=O) groups is 3. The van der Waals surface area contributed by atoms with Crippen LogP contribution in [0, 0.1) is 5.92 Å². The topological polar surface area (TPSA) is 128 Å². The maximum absolute atomic E-state index is 13.2. The van der Waals surface area contributed by atoms with Crippen LogP contribution in [0.25, 0.3) is 0 Å². The number of hydrogen-bond donors (Lipinski definition) is 3. The van der Waals surface area contributed by atoms with E-state index in [2.05, 4.69) is 5.32 Å². The van der Waals surface area contributed by atoms with Crippen LogP contribution in [0.15, 0.2) is 0 Å². The van der Waals surface area contributed by atoms with Crippen LogP contribution in [0.4, 0.5) is 4.79 Å². The molecule has 1 saturated carbocycles. The smallest absolute Gasteiger partial charge is 0.408 e. The molecule has 2 aliphatic rings. The van der Waals surface area contributed by atoms with Gasteiger partial charge in [-0.3, -0.25) is 9.59 Å². The van der Waals surface area contributed by atoms with E-state index in [1.165, 1.54) is 4.90 Å². The van der Waals surface area contributed by atoms with Gasteiger partial charge in [-0.1, -0.05) is 0 Å². The van der Waals surface area contributed by atoms with Gasteiger partial charge in [0.1, 0.15) is 17.7 Å². The van der Waals surface area contributed by atoms with E-state index in [1.807, 2.05) is 0 Å². The number of rotatable bonds is 4. The molecular formula is C18H32N4O4. The first-order chi connectivity index (χ1) is 12.1. The van der Waals surface area contributed by atoms with Crippen LogP contribution in [-0.4, -0.2) is 53.1 Å². The summed E-state index contributed by atoms with van der Waals surface area (Å²) >= 11 is 0. The van der Waals surface area contributed by atoms with E-state index in [-0.39, 0.29) is 17.9 Å². The first-order valence-electron chi connectivity index (χ1n) is 9.43. The van der Waals surface area contributed by atoms with Gasteiger partial charge in [0.2, 0.25) is 11.8 Å². The number of amides is 3. The molecule has 0 aromatic heterocycles. The lowest BCUT2D eigenvalue weighted by molar-refractivity contribution is -0.140. The summed E-state index contributed by atoms with van der Waals surface area (Å²) in [7, 11) is 0. The Morgan fingerprint density at radius 3 is 2.27 bits per heavy atom. The van der Waals surface area contributed by atoms with Crippen molar-refractivity contribution < 1.29 is 19.1 Å². The normalized spacial score (nSPS) is 27.7. The number of carbonyl (C=O) groups excluding carboxylic acids is 3. The average molecular weight is 368 g/mol. The molecule has 1 heterocycles. The molecule has 5 N–H and O–H groups in total. The second kappa shape index (κ2) is 8.24. The highest BCUT2D eigenvalue weighted by Crippen LogP contribution is 2.29. The highest BCUT2D eigenvalue weighted by molar-refractivity contribution is 5.91. The number of ether oxygens (including phenoxy) is 1. The van der Waals surface area contributed by atoms with Gasteiger partial charge in [-0.15, -0.1) is 0 Å². The van der Waals surface area contributed by atoms with Crippen LogP contribution in [0.1, 0.15) is 59.3 Å². The maximum atomic E-state index is 13.2. The molecule has 148 valence electrons. The van der Waals surface area contributed by atoms with Crippen LogP contribution in [0.5, 0.6) is 0 Å². The highest BCUT2D eigenvalue weighted by Gasteiger charge is 2.41. The zero-order valence-electron chi connectivity index (χ0n) is 16.0. The second-order valence-electron chi connectivity index (χ2n) is 8.39. The Bertz CT molecular complexity index is 538. The summed E-state index contributed by atoms with van der Waals surface area (Å²) < 4.78 is 5.33. The Kier molecular flexibility index (Phi) is 6.49. The van der Waals surface area contributed by atoms with Crippen molar-refractivity contribution in [1.29, 1.82) is 0 Å². The summed E-state index contributed by atoms with van der Waals surface area (Å²) in [5, 5.41) is 2.75. The number of nitrogens with two attached hydrogens (primary N) is 2. The Morgan fingerprint density at radius 2 is 1.73 bits per heavy atom. The first kappa shape index (κ1) is 20.5. The Balaban J connectivity index is 2.15. The van der Waals surface area contributed by atoms with Crippen molar-refractivity contribution in [3.8, 4) is 0 Å². The van der Waals surface area contributed by atoms with Crippen molar-refractivity contribution in [2.75, 3.05) is 6.54 Å². The molecule has 8 heteroatoms. The number of nitrogens with one attached hydrogen (secondary N) is 1. The predicted octanol–water partition coefficient (Wildman–Crippen LogP) is 0.874. The minimum absolute atomic E-state index is 0.0241. The molecule has 2 rings (SSSR count). The minimum atomic E-state index is -0.725. The predicted molar refractivity (Wildman–Crippen MR) is 97.0 cm³/mol. The van der Waals surface area contributed by atoms with Gasteiger partial charge in [0, 0.05) is 12.6 Å². The SMILES string of the molecule is CC(C)(C)OC(=O)N[C@H](C(=O)N1CCC[C@H]1C(N)=O)C1CCC(N)CC1. The number of hydrogen-bond acceptors (Lipinski definition) is 5. The average Bonchev–Trinajstić information content (AvgIpc) is 3.01. The fraction of sp³-hybridized carbons (Fsp3) is 0.833. The molecule has 0 aromatic carbocycles. The highest BCUT2D eigenvalue weighted by atomic mass is 16.6. The monoisotopic (exact) mass is 368 g/mol. The van der Waals surface area contributed by atoms with E-state index in [9.17, 15) is 14.4 Å². The summed E-state index contributed by atoms with van der Waals surface area (Å²) in [5.41, 5.74) is 10.8. The van der Waals surface area contributed by atoms with Gasteiger partial charge in [0.25, 0.3) is 0 Å². The van der Waals surface area contributed by atoms with Gasteiger partial charge in [-0.05, 0) is 65.2 Å². The molecule has 8 nitrogen and oxygen atoms in total. The van der Waals surface area contributed by atoms with Crippen molar-refractivity contribution in [3.05, 3.63) is 0 Å². The molecule has 0 radical (unpaired) electrons. The van der Waals surface area contributed by atoms with Gasteiger partial charge in [-0.2, -0.15) is 0 Å². The van der Waals surface area contributed by atoms with Crippen molar-refractivity contribution in [2.24, 2.45) is 17.4 Å². The fourth-order valence-electron chi connectivity index (χ4n) is 3.80. The zero-order chi connectivity index (χ0) is 19.5. The Hall–Kier alpha value is -1.83. The molecule has 3 amide bonds. The molecule has 0 spiro atoms. The van der Waals surface area contributed by atoms with E-state index in [0.717, 1.165) is 32.1 Å². The van der Waals surface area contributed by atoms with Crippen LogP contribution < -0.4 is 16.8 Å². The molecule has 2 atom stereocenters. The van der Waals surface area contributed by atoms with E-state index >= 15 is 0 Å². The summed E-state index contributed by atoms with van der Waals surface area (Å²) in [6.45, 7) is 5.79. The largest absolute Gasteiger partial charge is 0.444 e. The molecule has 1 aliphatic carbocycles. The molecule has 0 unspecified atom stereocenters. The Labute approximate surface area is 155 Å². The van der Waals surface area contributed by atoms with Gasteiger partial charge in [0.05, 0.1) is 0 Å². The number of primary amides is 1. The lowest BCUT2D eigenvalue weighted by atomic mass is 9.81. The lowest BCUT2D eigenvalue weighted by Gasteiger charge is -2.35. The van der Waals surface area contributed by atoms with E-state index in [1.54, 1.807) is 20.8 Å². The van der Waals surface area contributed by atoms with Crippen molar-refractivity contribution in [3.63, 3.8) is 0 Å². The minimum Gasteiger partial charge on any atom is -0.444 e. The Morgan fingerprint density at radius 1 is 1.12 bits per heavy atom. The number of likely N-dealkylation sites (tertiary alicyclic amines) is 1. The van der Waals surface area contributed by atoms with Crippen LogP contribution in [-0.2, 0) is 14.3 Å². The fourth-order valence-corrected chi connectivity index (χ4v) is 3.80. The van der Waals surface area contributed by atoms with E-state index in [0.29, 0.717) is 13.0 Å². The number of nitrogens with zero attached hydrogens (tertiary/aromatic N) is 1. The molecule has 1 saturated heterocycles. The lowest BCUT2D eigenvalue weighted by Crippen LogP contribution is -2.56. The van der Waals surface area contributed by atoms with Crippen LogP contribution in [0.2, 0.25) is 0 Å². The van der Waals surface area contributed by atoms with Crippen LogP contribution in [0.3, 0.4) is 0 Å². The van der Waals surface area contributed by atoms with Gasteiger partial charge in [0.15, 0.2) is 0 Å². The molecule has 2 fully saturated rings. The summed E-state index contributed by atoms with van der Waals surface area (Å²) in [6, 6.07) is -1.19. The third-order valence-electron chi connectivity index (χ3n) is 5.09. The standard InChI is InChI=1S/C18H32N4O4/c1-18(2,3)26-17(25)21-14(11-6-8-12(19)9-7-11)16(24)22-10-4-5-13(22)15(20)23/h11-14H,4-10,19H2,1-3H3,(H2,20,23)(H,21,25)/t11?,12?,13-,14-/m0/s1. The second-order valence-corrected chi connectivity index (χ2v) is 8.39. The van der Waals surface area contributed by atoms with Crippen molar-refractivity contribution >= 4 is 17.9 Å². The third kappa shape index (κ3) is 5.33. The maximum Gasteiger partial charge on any atom is 0.408 e. The van der Waals surface area contributed by atoms with Crippen molar-refractivity contribution in [2.45, 2.75) is 83.0 Å². The van der Waals surface area contributed by atoms with Crippen molar-refractivity contribution in [1.82, 2.24) is 10.2 Å².